The van der Waals surface area contributed by atoms with Crippen molar-refractivity contribution in [3.8, 4) is 0 Å². The number of rotatable bonds is 6. The van der Waals surface area contributed by atoms with Gasteiger partial charge in [0, 0.05) is 0 Å². The minimum atomic E-state index is 0.603. The molecular weight excluding hydrogens is 252 g/mol. The predicted molar refractivity (Wildman–Crippen MR) is 110 cm³/mol. The van der Waals surface area contributed by atoms with Gasteiger partial charge in [0.05, 0.1) is 0 Å². The van der Waals surface area contributed by atoms with Gasteiger partial charge in [-0.3, -0.25) is 0 Å². The Balaban J connectivity index is -0.0000000474. The van der Waals surface area contributed by atoms with Crippen molar-refractivity contribution < 1.29 is 0 Å². The van der Waals surface area contributed by atoms with Crippen LogP contribution in [0.5, 0.6) is 0 Å². The number of hydrogen-bond acceptors (Lipinski definition) is 0. The van der Waals surface area contributed by atoms with Gasteiger partial charge in [-0.05, 0) is 18.3 Å². The van der Waals surface area contributed by atoms with E-state index in [1.165, 1.54) is 38.5 Å². The third-order valence-electron chi connectivity index (χ3n) is 2.41. The van der Waals surface area contributed by atoms with Crippen LogP contribution < -0.4 is 0 Å². The van der Waals surface area contributed by atoms with Gasteiger partial charge in [0.25, 0.3) is 0 Å². The van der Waals surface area contributed by atoms with Crippen LogP contribution in [-0.4, -0.2) is 0 Å². The minimum absolute atomic E-state index is 0.603. The first-order valence-electron chi connectivity index (χ1n) is 10.1. The van der Waals surface area contributed by atoms with E-state index in [1.807, 2.05) is 69.2 Å². The molecule has 0 spiro atoms. The zero-order valence-corrected chi connectivity index (χ0v) is 18.7. The van der Waals surface area contributed by atoms with Crippen LogP contribution >= 0.6 is 0 Å². The second kappa shape index (κ2) is 50.1. The molecule has 0 saturated heterocycles. The quantitative estimate of drug-likeness (QED) is 0.458. The zero-order chi connectivity index (χ0) is 18.7. The topological polar surface area (TPSA) is 0 Å². The summed E-state index contributed by atoms with van der Waals surface area (Å²) in [5.74, 6) is 0. The summed E-state index contributed by atoms with van der Waals surface area (Å²) in [6.45, 7) is 29.3. The third-order valence-corrected chi connectivity index (χ3v) is 2.41. The van der Waals surface area contributed by atoms with Gasteiger partial charge < -0.3 is 0 Å². The van der Waals surface area contributed by atoms with Gasteiger partial charge in [-0.15, -0.1) is 0 Å². The second-order valence-corrected chi connectivity index (χ2v) is 4.37. The van der Waals surface area contributed by atoms with Gasteiger partial charge >= 0.3 is 0 Å². The van der Waals surface area contributed by atoms with Crippen LogP contribution in [0.4, 0.5) is 0 Å². The average molecular weight is 307 g/mol. The summed E-state index contributed by atoms with van der Waals surface area (Å²) in [4.78, 5) is 0. The number of unbranched alkanes of at least 4 members (excludes halogenated alkanes) is 2. The largest absolute Gasteiger partial charge is 0.0683 e. The van der Waals surface area contributed by atoms with Gasteiger partial charge in [-0.2, -0.15) is 0 Å². The molecule has 0 atom stereocenters. The first-order chi connectivity index (χ1) is 10.1. The lowest BCUT2D eigenvalue weighted by molar-refractivity contribution is 0.289. The molecule has 0 fully saturated rings. The molecule has 0 unspecified atom stereocenters. The maximum atomic E-state index is 2.40. The van der Waals surface area contributed by atoms with Crippen molar-refractivity contribution >= 4 is 0 Å². The molecule has 0 radical (unpaired) electrons. The Labute approximate surface area is 141 Å². The van der Waals surface area contributed by atoms with Gasteiger partial charge in [0.1, 0.15) is 0 Å². The van der Waals surface area contributed by atoms with E-state index in [-0.39, 0.29) is 0 Å². The Hall–Kier alpha value is 0. The van der Waals surface area contributed by atoms with Gasteiger partial charge in [-0.25, -0.2) is 0 Å². The minimum Gasteiger partial charge on any atom is -0.0683 e. The highest BCUT2D eigenvalue weighted by Gasteiger charge is 2.15. The Morgan fingerprint density at radius 2 is 0.667 bits per heavy atom. The van der Waals surface area contributed by atoms with Crippen molar-refractivity contribution in [1.82, 2.24) is 0 Å². The lowest BCUT2D eigenvalue weighted by atomic mass is 9.82. The Bertz CT molecular complexity index is 72.0. The fourth-order valence-corrected chi connectivity index (χ4v) is 1.44. The molecule has 0 aliphatic rings. The summed E-state index contributed by atoms with van der Waals surface area (Å²) in [7, 11) is 0. The molecule has 0 aliphatic heterocycles. The molecule has 21 heavy (non-hydrogen) atoms. The molecule has 0 amide bonds. The van der Waals surface area contributed by atoms with E-state index in [1.54, 1.807) is 0 Å². The van der Waals surface area contributed by atoms with Crippen molar-refractivity contribution in [1.29, 1.82) is 0 Å². The summed E-state index contributed by atoms with van der Waals surface area (Å²) in [5, 5.41) is 0. The lowest BCUT2D eigenvalue weighted by Gasteiger charge is -2.23. The fourth-order valence-electron chi connectivity index (χ4n) is 1.44. The van der Waals surface area contributed by atoms with Crippen LogP contribution in [0, 0.1) is 5.41 Å². The molecule has 0 aromatic rings. The Morgan fingerprint density at radius 1 is 0.476 bits per heavy atom. The average Bonchev–Trinajstić information content (AvgIpc) is 2.60. The molecule has 0 saturated carbocycles. The van der Waals surface area contributed by atoms with Crippen LogP contribution in [0.3, 0.4) is 0 Å². The Kier molecular flexibility index (Phi) is 89.1. The smallest absolute Gasteiger partial charge is 0.0354 e. The zero-order valence-electron chi connectivity index (χ0n) is 18.7. The van der Waals surface area contributed by atoms with Crippen LogP contribution in [-0.2, 0) is 0 Å². The summed E-state index contributed by atoms with van der Waals surface area (Å²) < 4.78 is 0. The van der Waals surface area contributed by atoms with Crippen LogP contribution in [0.15, 0.2) is 0 Å². The molecule has 0 nitrogen and oxygen atoms in total. The molecule has 0 N–H and O–H groups in total. The van der Waals surface area contributed by atoms with Gasteiger partial charge in [-0.1, -0.05) is 123 Å². The molecular formula is C21H54. The molecule has 0 heterocycles. The molecule has 0 heteroatoms. The summed E-state index contributed by atoms with van der Waals surface area (Å²) in [6.07, 6.45) is 8.30. The molecule has 0 rings (SSSR count). The highest BCUT2D eigenvalue weighted by molar-refractivity contribution is 4.67. The summed E-state index contributed by atoms with van der Waals surface area (Å²) in [5.41, 5.74) is 0.603. The standard InChI is InChI=1S/C11H24.5C2H6/c1-5-7-9-11(3,4)10-8-6-2;5*1-2/h5-10H2,1-4H3;5*1-2H3. The van der Waals surface area contributed by atoms with Crippen LogP contribution in [0.2, 0.25) is 0 Å². The van der Waals surface area contributed by atoms with Crippen LogP contribution in [0.1, 0.15) is 135 Å². The van der Waals surface area contributed by atoms with Crippen molar-refractivity contribution in [2.75, 3.05) is 0 Å². The highest BCUT2D eigenvalue weighted by atomic mass is 14.2. The molecule has 0 aliphatic carbocycles. The van der Waals surface area contributed by atoms with Crippen molar-refractivity contribution in [2.45, 2.75) is 135 Å². The first kappa shape index (κ1) is 37.3. The monoisotopic (exact) mass is 306 g/mol. The van der Waals surface area contributed by atoms with E-state index in [0.29, 0.717) is 5.41 Å². The first-order valence-corrected chi connectivity index (χ1v) is 10.1. The predicted octanol–water partition coefficient (Wildman–Crippen LogP) is 9.52. The van der Waals surface area contributed by atoms with E-state index in [0.717, 1.165) is 0 Å². The van der Waals surface area contributed by atoms with E-state index < -0.39 is 0 Å². The lowest BCUT2D eigenvalue weighted by Crippen LogP contribution is -2.10. The van der Waals surface area contributed by atoms with Crippen LogP contribution in [0.25, 0.3) is 0 Å². The van der Waals surface area contributed by atoms with Crippen molar-refractivity contribution in [2.24, 2.45) is 5.41 Å². The van der Waals surface area contributed by atoms with Crippen molar-refractivity contribution in [3.05, 3.63) is 0 Å². The second-order valence-electron chi connectivity index (χ2n) is 4.37. The maximum Gasteiger partial charge on any atom is -0.0354 e. The van der Waals surface area contributed by atoms with Gasteiger partial charge in [0.15, 0.2) is 0 Å². The summed E-state index contributed by atoms with van der Waals surface area (Å²) >= 11 is 0. The molecule has 0 bridgehead atoms. The fraction of sp³-hybridized carbons (Fsp3) is 1.00. The number of hydrogen-bond donors (Lipinski definition) is 0. The van der Waals surface area contributed by atoms with E-state index in [4.69, 9.17) is 0 Å². The van der Waals surface area contributed by atoms with Crippen molar-refractivity contribution in [3.63, 3.8) is 0 Å². The SMILES string of the molecule is CC.CC.CC.CC.CC.CCCCC(C)(C)CCCC. The molecule has 0 aromatic carbocycles. The molecule has 138 valence electrons. The maximum absolute atomic E-state index is 2.40. The van der Waals surface area contributed by atoms with E-state index in [2.05, 4.69) is 27.7 Å². The van der Waals surface area contributed by atoms with E-state index >= 15 is 0 Å². The highest BCUT2D eigenvalue weighted by Crippen LogP contribution is 2.29. The van der Waals surface area contributed by atoms with E-state index in [9.17, 15) is 0 Å². The Morgan fingerprint density at radius 3 is 0.810 bits per heavy atom. The van der Waals surface area contributed by atoms with Gasteiger partial charge in [0.2, 0.25) is 0 Å². The normalized spacial score (nSPS) is 7.71. The molecule has 0 aromatic heterocycles. The third kappa shape index (κ3) is 64.8. The summed E-state index contributed by atoms with van der Waals surface area (Å²) in [6, 6.07) is 0.